The van der Waals surface area contributed by atoms with Gasteiger partial charge in [-0.2, -0.15) is 0 Å². The molecule has 3 heteroatoms. The minimum atomic E-state index is 0.225. The Hall–Kier alpha value is -0.900. The summed E-state index contributed by atoms with van der Waals surface area (Å²) in [5.74, 6) is 0. The van der Waals surface area contributed by atoms with Gasteiger partial charge in [-0.25, -0.2) is 0 Å². The van der Waals surface area contributed by atoms with Gasteiger partial charge in [0.15, 0.2) is 0 Å². The summed E-state index contributed by atoms with van der Waals surface area (Å²) >= 11 is 0. The van der Waals surface area contributed by atoms with Crippen molar-refractivity contribution in [1.82, 2.24) is 10.6 Å². The van der Waals surface area contributed by atoms with E-state index in [2.05, 4.69) is 34.9 Å². The zero-order valence-corrected chi connectivity index (χ0v) is 8.87. The van der Waals surface area contributed by atoms with Crippen LogP contribution in [0.4, 0.5) is 0 Å². The van der Waals surface area contributed by atoms with Gasteiger partial charge in [-0.3, -0.25) is 0 Å². The number of hydrogen-bond donors (Lipinski definition) is 3. The van der Waals surface area contributed by atoms with Gasteiger partial charge in [-0.15, -0.1) is 0 Å². The van der Waals surface area contributed by atoms with E-state index >= 15 is 0 Å². The van der Waals surface area contributed by atoms with Crippen LogP contribution in [0, 0.1) is 0 Å². The van der Waals surface area contributed by atoms with E-state index in [9.17, 15) is 0 Å². The largest absolute Gasteiger partial charge is 0.396 e. The molecule has 1 fully saturated rings. The topological polar surface area (TPSA) is 44.3 Å². The number of piperazine rings is 1. The maximum atomic E-state index is 8.82. The lowest BCUT2D eigenvalue weighted by molar-refractivity contribution is 0.299. The molecule has 1 aliphatic heterocycles. The van der Waals surface area contributed by atoms with E-state index in [-0.39, 0.29) is 6.61 Å². The lowest BCUT2D eigenvalue weighted by atomic mass is 10.0. The molecule has 0 aliphatic carbocycles. The van der Waals surface area contributed by atoms with E-state index in [1.165, 1.54) is 11.1 Å². The number of benzene rings is 1. The maximum Gasteiger partial charge on any atom is 0.0471 e. The first-order valence-electron chi connectivity index (χ1n) is 5.54. The van der Waals surface area contributed by atoms with Crippen LogP contribution in [0.2, 0.25) is 0 Å². The van der Waals surface area contributed by atoms with Gasteiger partial charge in [0.25, 0.3) is 0 Å². The lowest BCUT2D eigenvalue weighted by Crippen LogP contribution is -2.42. The summed E-state index contributed by atoms with van der Waals surface area (Å²) in [6, 6.07) is 8.93. The van der Waals surface area contributed by atoms with Crippen molar-refractivity contribution in [3.8, 4) is 0 Å². The van der Waals surface area contributed by atoms with Gasteiger partial charge in [0.05, 0.1) is 0 Å². The smallest absolute Gasteiger partial charge is 0.0471 e. The van der Waals surface area contributed by atoms with Crippen molar-refractivity contribution in [3.05, 3.63) is 35.4 Å². The Balaban J connectivity index is 2.02. The Kier molecular flexibility index (Phi) is 3.72. The van der Waals surface area contributed by atoms with Crippen molar-refractivity contribution in [3.63, 3.8) is 0 Å². The van der Waals surface area contributed by atoms with E-state index in [1.54, 1.807) is 0 Å². The number of aliphatic hydroxyl groups is 1. The molecule has 1 unspecified atom stereocenters. The van der Waals surface area contributed by atoms with Gasteiger partial charge in [-0.1, -0.05) is 24.3 Å². The summed E-state index contributed by atoms with van der Waals surface area (Å²) in [5.41, 5.74) is 2.52. The number of rotatable bonds is 3. The Bertz CT molecular complexity index is 291. The molecule has 1 saturated heterocycles. The van der Waals surface area contributed by atoms with Crippen molar-refractivity contribution in [2.24, 2.45) is 0 Å². The third-order valence-electron chi connectivity index (χ3n) is 2.82. The van der Waals surface area contributed by atoms with Crippen molar-refractivity contribution in [1.29, 1.82) is 0 Å². The second-order valence-corrected chi connectivity index (χ2v) is 3.93. The van der Waals surface area contributed by atoms with Crippen LogP contribution in [-0.4, -0.2) is 31.3 Å². The summed E-state index contributed by atoms with van der Waals surface area (Å²) in [4.78, 5) is 0. The molecule has 15 heavy (non-hydrogen) atoms. The molecule has 1 heterocycles. The summed E-state index contributed by atoms with van der Waals surface area (Å²) in [5, 5.41) is 15.7. The molecule has 1 aromatic carbocycles. The van der Waals surface area contributed by atoms with Crippen LogP contribution in [0.25, 0.3) is 0 Å². The molecule has 1 aliphatic rings. The van der Waals surface area contributed by atoms with E-state index < -0.39 is 0 Å². The molecule has 0 spiro atoms. The Morgan fingerprint density at radius 2 is 2.00 bits per heavy atom. The summed E-state index contributed by atoms with van der Waals surface area (Å²) < 4.78 is 0. The second kappa shape index (κ2) is 5.26. The first-order chi connectivity index (χ1) is 7.40. The lowest BCUT2D eigenvalue weighted by Gasteiger charge is -2.24. The predicted molar refractivity (Wildman–Crippen MR) is 60.8 cm³/mol. The Morgan fingerprint density at radius 1 is 1.20 bits per heavy atom. The molecule has 3 nitrogen and oxygen atoms in total. The highest BCUT2D eigenvalue weighted by molar-refractivity contribution is 5.25. The Labute approximate surface area is 90.5 Å². The summed E-state index contributed by atoms with van der Waals surface area (Å²) in [7, 11) is 0. The van der Waals surface area contributed by atoms with Crippen LogP contribution in [0.15, 0.2) is 24.3 Å². The van der Waals surface area contributed by atoms with Crippen LogP contribution in [-0.2, 0) is 6.42 Å². The minimum absolute atomic E-state index is 0.225. The summed E-state index contributed by atoms with van der Waals surface area (Å²) in [6.07, 6.45) is 0.747. The zero-order chi connectivity index (χ0) is 10.5. The van der Waals surface area contributed by atoms with Crippen molar-refractivity contribution >= 4 is 0 Å². The van der Waals surface area contributed by atoms with Crippen LogP contribution in [0.3, 0.4) is 0 Å². The van der Waals surface area contributed by atoms with Gasteiger partial charge in [0.2, 0.25) is 0 Å². The molecule has 82 valence electrons. The monoisotopic (exact) mass is 206 g/mol. The van der Waals surface area contributed by atoms with Gasteiger partial charge in [-0.05, 0) is 17.5 Å². The van der Waals surface area contributed by atoms with Gasteiger partial charge < -0.3 is 15.7 Å². The molecule has 1 atom stereocenters. The SMILES string of the molecule is OCCc1ccc(C2CNCCN2)cc1. The quantitative estimate of drug-likeness (QED) is 0.673. The zero-order valence-electron chi connectivity index (χ0n) is 8.87. The van der Waals surface area contributed by atoms with E-state index in [1.807, 2.05) is 0 Å². The highest BCUT2D eigenvalue weighted by Gasteiger charge is 2.13. The minimum Gasteiger partial charge on any atom is -0.396 e. The molecule has 0 amide bonds. The third-order valence-corrected chi connectivity index (χ3v) is 2.82. The van der Waals surface area contributed by atoms with Crippen LogP contribution >= 0.6 is 0 Å². The van der Waals surface area contributed by atoms with Crippen molar-refractivity contribution in [2.45, 2.75) is 12.5 Å². The average Bonchev–Trinajstić information content (AvgIpc) is 2.32. The number of hydrogen-bond acceptors (Lipinski definition) is 3. The molecule has 0 aromatic heterocycles. The van der Waals surface area contributed by atoms with Crippen LogP contribution in [0.1, 0.15) is 17.2 Å². The van der Waals surface area contributed by atoms with E-state index in [0.717, 1.165) is 26.1 Å². The fraction of sp³-hybridized carbons (Fsp3) is 0.500. The molecular formula is C12H18N2O. The number of aliphatic hydroxyl groups excluding tert-OH is 1. The maximum absolute atomic E-state index is 8.82. The molecule has 3 N–H and O–H groups in total. The third kappa shape index (κ3) is 2.78. The normalized spacial score (nSPS) is 21.5. The summed E-state index contributed by atoms with van der Waals surface area (Å²) in [6.45, 7) is 3.31. The Morgan fingerprint density at radius 3 is 2.60 bits per heavy atom. The fourth-order valence-electron chi connectivity index (χ4n) is 1.93. The molecule has 0 radical (unpaired) electrons. The standard InChI is InChI=1S/C12H18N2O/c15-8-5-10-1-3-11(4-2-10)12-9-13-6-7-14-12/h1-4,12-15H,5-9H2. The first kappa shape index (κ1) is 10.6. The van der Waals surface area contributed by atoms with E-state index in [4.69, 9.17) is 5.11 Å². The fourth-order valence-corrected chi connectivity index (χ4v) is 1.93. The van der Waals surface area contributed by atoms with Crippen LogP contribution in [0.5, 0.6) is 0 Å². The van der Waals surface area contributed by atoms with Gasteiger partial charge >= 0.3 is 0 Å². The van der Waals surface area contributed by atoms with Gasteiger partial charge in [0, 0.05) is 32.3 Å². The molecule has 0 bridgehead atoms. The van der Waals surface area contributed by atoms with Crippen LogP contribution < -0.4 is 10.6 Å². The van der Waals surface area contributed by atoms with E-state index in [0.29, 0.717) is 6.04 Å². The molecule has 2 rings (SSSR count). The number of nitrogens with one attached hydrogen (secondary N) is 2. The second-order valence-electron chi connectivity index (χ2n) is 3.93. The molecule has 1 aromatic rings. The first-order valence-corrected chi connectivity index (χ1v) is 5.54. The highest BCUT2D eigenvalue weighted by atomic mass is 16.2. The molecular weight excluding hydrogens is 188 g/mol. The average molecular weight is 206 g/mol. The van der Waals surface area contributed by atoms with Gasteiger partial charge in [0.1, 0.15) is 0 Å². The molecule has 0 saturated carbocycles. The predicted octanol–water partition coefficient (Wildman–Crippen LogP) is 0.455. The highest BCUT2D eigenvalue weighted by Crippen LogP contribution is 2.14. The van der Waals surface area contributed by atoms with Crippen molar-refractivity contribution in [2.75, 3.05) is 26.2 Å². The van der Waals surface area contributed by atoms with Crippen molar-refractivity contribution < 1.29 is 5.11 Å².